The van der Waals surface area contributed by atoms with Crippen LogP contribution >= 0.6 is 11.3 Å². The van der Waals surface area contributed by atoms with E-state index in [1.807, 2.05) is 13.0 Å². The molecule has 0 radical (unpaired) electrons. The molecule has 4 N–H and O–H groups in total. The minimum absolute atomic E-state index is 0.0728. The van der Waals surface area contributed by atoms with E-state index < -0.39 is 0 Å². The van der Waals surface area contributed by atoms with Crippen LogP contribution in [0.2, 0.25) is 0 Å². The Labute approximate surface area is 105 Å². The highest BCUT2D eigenvalue weighted by Crippen LogP contribution is 2.32. The van der Waals surface area contributed by atoms with Crippen LogP contribution in [0.15, 0.2) is 6.07 Å². The van der Waals surface area contributed by atoms with Crippen LogP contribution in [0.1, 0.15) is 16.6 Å². The second kappa shape index (κ2) is 5.37. The topological polar surface area (TPSA) is 70.4 Å². The van der Waals surface area contributed by atoms with Crippen molar-refractivity contribution in [2.75, 3.05) is 43.4 Å². The largest absolute Gasteiger partial charge is 0.397 e. The summed E-state index contributed by atoms with van der Waals surface area (Å²) < 4.78 is 0. The Hall–Kier alpha value is -1.27. The molecule has 0 aromatic carbocycles. The van der Waals surface area contributed by atoms with Gasteiger partial charge in [-0.3, -0.25) is 4.79 Å². The van der Waals surface area contributed by atoms with Crippen molar-refractivity contribution >= 4 is 27.9 Å². The Kier molecular flexibility index (Phi) is 3.86. The summed E-state index contributed by atoms with van der Waals surface area (Å²) in [7, 11) is 0. The summed E-state index contributed by atoms with van der Waals surface area (Å²) in [6.07, 6.45) is 0. The summed E-state index contributed by atoms with van der Waals surface area (Å²) in [5, 5.41) is 7.17. The molecule has 0 aliphatic carbocycles. The summed E-state index contributed by atoms with van der Waals surface area (Å²) in [4.78, 5) is 14.6. The maximum absolute atomic E-state index is 11.8. The highest BCUT2D eigenvalue weighted by atomic mass is 32.1. The number of thiophene rings is 1. The van der Waals surface area contributed by atoms with Gasteiger partial charge in [0.1, 0.15) is 4.88 Å². The van der Waals surface area contributed by atoms with E-state index in [9.17, 15) is 4.79 Å². The van der Waals surface area contributed by atoms with Crippen LogP contribution in [0.4, 0.5) is 10.7 Å². The molecule has 1 aliphatic heterocycles. The summed E-state index contributed by atoms with van der Waals surface area (Å²) in [5.41, 5.74) is 6.46. The number of nitrogens with one attached hydrogen (secondary N) is 2. The molecule has 1 fully saturated rings. The molecule has 6 heteroatoms. The number of amides is 1. The summed E-state index contributed by atoms with van der Waals surface area (Å²) in [6, 6.07) is 1.90. The fraction of sp³-hybridized carbons (Fsp3) is 0.545. The highest BCUT2D eigenvalue weighted by molar-refractivity contribution is 7.18. The molecule has 0 spiro atoms. The number of nitrogen functional groups attached to an aromatic ring is 1. The van der Waals surface area contributed by atoms with Crippen LogP contribution in [0.3, 0.4) is 0 Å². The molecular weight excluding hydrogens is 236 g/mol. The van der Waals surface area contributed by atoms with Crippen molar-refractivity contribution in [3.8, 4) is 0 Å². The molecule has 1 amide bonds. The Morgan fingerprint density at radius 1 is 1.59 bits per heavy atom. The second-order valence-electron chi connectivity index (χ2n) is 3.97. The molecule has 17 heavy (non-hydrogen) atoms. The molecular formula is C11H18N4OS. The van der Waals surface area contributed by atoms with Crippen molar-refractivity contribution < 1.29 is 4.79 Å². The van der Waals surface area contributed by atoms with Crippen molar-refractivity contribution in [1.82, 2.24) is 10.6 Å². The first-order valence-electron chi connectivity index (χ1n) is 5.85. The van der Waals surface area contributed by atoms with E-state index in [4.69, 9.17) is 5.73 Å². The van der Waals surface area contributed by atoms with E-state index in [-0.39, 0.29) is 5.91 Å². The van der Waals surface area contributed by atoms with Crippen LogP contribution < -0.4 is 21.3 Å². The first-order valence-corrected chi connectivity index (χ1v) is 6.67. The van der Waals surface area contributed by atoms with E-state index in [2.05, 4.69) is 15.5 Å². The zero-order valence-corrected chi connectivity index (χ0v) is 10.8. The zero-order valence-electron chi connectivity index (χ0n) is 9.95. The van der Waals surface area contributed by atoms with Gasteiger partial charge in [-0.1, -0.05) is 0 Å². The minimum Gasteiger partial charge on any atom is -0.397 e. The molecule has 1 saturated heterocycles. The Morgan fingerprint density at radius 2 is 2.29 bits per heavy atom. The van der Waals surface area contributed by atoms with Gasteiger partial charge in [0.2, 0.25) is 0 Å². The predicted molar refractivity (Wildman–Crippen MR) is 71.8 cm³/mol. The molecule has 1 aromatic rings. The molecule has 2 heterocycles. The van der Waals surface area contributed by atoms with Crippen molar-refractivity contribution in [3.63, 3.8) is 0 Å². The Balaban J connectivity index is 2.14. The maximum atomic E-state index is 11.8. The smallest absolute Gasteiger partial charge is 0.263 e. The lowest BCUT2D eigenvalue weighted by molar-refractivity contribution is 0.0960. The van der Waals surface area contributed by atoms with Gasteiger partial charge in [0.15, 0.2) is 0 Å². The lowest BCUT2D eigenvalue weighted by Gasteiger charge is -2.27. The number of nitrogens with zero attached hydrogens (tertiary/aromatic N) is 1. The fourth-order valence-electron chi connectivity index (χ4n) is 1.85. The summed E-state index contributed by atoms with van der Waals surface area (Å²) in [6.45, 7) is 6.42. The van der Waals surface area contributed by atoms with Crippen LogP contribution in [0, 0.1) is 0 Å². The number of hydrogen-bond donors (Lipinski definition) is 3. The van der Waals surface area contributed by atoms with Crippen LogP contribution in [-0.2, 0) is 0 Å². The van der Waals surface area contributed by atoms with Gasteiger partial charge in [0.05, 0.1) is 10.7 Å². The standard InChI is InChI=1S/C11H18N4OS/c1-2-14-11(16)10-8(12)7-9(17-10)15-5-3-13-4-6-15/h7,13H,2-6,12H2,1H3,(H,14,16). The number of rotatable bonds is 3. The second-order valence-corrected chi connectivity index (χ2v) is 5.00. The van der Waals surface area contributed by atoms with Crippen molar-refractivity contribution in [2.24, 2.45) is 0 Å². The van der Waals surface area contributed by atoms with Gasteiger partial charge in [0.25, 0.3) is 5.91 Å². The average Bonchev–Trinajstić information content (AvgIpc) is 2.73. The van der Waals surface area contributed by atoms with Gasteiger partial charge >= 0.3 is 0 Å². The monoisotopic (exact) mass is 254 g/mol. The Bertz CT molecular complexity index is 398. The van der Waals surface area contributed by atoms with Crippen LogP contribution in [0.5, 0.6) is 0 Å². The van der Waals surface area contributed by atoms with E-state index in [1.54, 1.807) is 0 Å². The molecule has 2 rings (SSSR count). The van der Waals surface area contributed by atoms with Gasteiger partial charge in [-0.15, -0.1) is 11.3 Å². The fourth-order valence-corrected chi connectivity index (χ4v) is 2.90. The van der Waals surface area contributed by atoms with Crippen LogP contribution in [0.25, 0.3) is 0 Å². The van der Waals surface area contributed by atoms with Gasteiger partial charge < -0.3 is 21.3 Å². The third kappa shape index (κ3) is 2.70. The SMILES string of the molecule is CCNC(=O)c1sc(N2CCNCC2)cc1N. The van der Waals surface area contributed by atoms with Crippen molar-refractivity contribution in [2.45, 2.75) is 6.92 Å². The van der Waals surface area contributed by atoms with Gasteiger partial charge in [0, 0.05) is 32.7 Å². The highest BCUT2D eigenvalue weighted by Gasteiger charge is 2.18. The van der Waals surface area contributed by atoms with Crippen LogP contribution in [-0.4, -0.2) is 38.6 Å². The van der Waals surface area contributed by atoms with E-state index in [0.29, 0.717) is 17.1 Å². The average molecular weight is 254 g/mol. The van der Waals surface area contributed by atoms with E-state index in [0.717, 1.165) is 31.2 Å². The first kappa shape index (κ1) is 12.2. The molecule has 0 bridgehead atoms. The van der Waals surface area contributed by atoms with Gasteiger partial charge in [-0.25, -0.2) is 0 Å². The number of hydrogen-bond acceptors (Lipinski definition) is 5. The third-order valence-electron chi connectivity index (χ3n) is 2.72. The molecule has 94 valence electrons. The lowest BCUT2D eigenvalue weighted by Crippen LogP contribution is -2.43. The van der Waals surface area contributed by atoms with E-state index >= 15 is 0 Å². The quantitative estimate of drug-likeness (QED) is 0.734. The summed E-state index contributed by atoms with van der Waals surface area (Å²) >= 11 is 1.48. The molecule has 0 atom stereocenters. The zero-order chi connectivity index (χ0) is 12.3. The number of carbonyl (C=O) groups excluding carboxylic acids is 1. The number of carbonyl (C=O) groups is 1. The van der Waals surface area contributed by atoms with Gasteiger partial charge in [-0.05, 0) is 13.0 Å². The van der Waals surface area contributed by atoms with Gasteiger partial charge in [-0.2, -0.15) is 0 Å². The summed E-state index contributed by atoms with van der Waals surface area (Å²) in [5.74, 6) is -0.0728. The lowest BCUT2D eigenvalue weighted by atomic mass is 10.3. The third-order valence-corrected chi connectivity index (χ3v) is 3.93. The molecule has 0 unspecified atom stereocenters. The Morgan fingerprint density at radius 3 is 2.94 bits per heavy atom. The molecule has 5 nitrogen and oxygen atoms in total. The maximum Gasteiger partial charge on any atom is 0.263 e. The normalized spacial score (nSPS) is 15.9. The van der Waals surface area contributed by atoms with Crippen molar-refractivity contribution in [3.05, 3.63) is 10.9 Å². The molecule has 0 saturated carbocycles. The number of piperazine rings is 1. The number of anilines is 2. The molecule has 1 aliphatic rings. The predicted octanol–water partition coefficient (Wildman–Crippen LogP) is 0.490. The molecule has 1 aromatic heterocycles. The first-order chi connectivity index (χ1) is 8.22. The number of nitrogens with two attached hydrogens (primary N) is 1. The minimum atomic E-state index is -0.0728. The van der Waals surface area contributed by atoms with Crippen molar-refractivity contribution in [1.29, 1.82) is 0 Å². The van der Waals surface area contributed by atoms with E-state index in [1.165, 1.54) is 11.3 Å².